The second-order valence-corrected chi connectivity index (χ2v) is 5.19. The maximum absolute atomic E-state index is 5.93. The van der Waals surface area contributed by atoms with E-state index in [1.807, 2.05) is 0 Å². The van der Waals surface area contributed by atoms with Crippen molar-refractivity contribution < 1.29 is 0 Å². The molecule has 0 saturated carbocycles. The summed E-state index contributed by atoms with van der Waals surface area (Å²) in [6.45, 7) is 5.48. The molecule has 1 aromatic rings. The van der Waals surface area contributed by atoms with Crippen molar-refractivity contribution in [3.63, 3.8) is 0 Å². The first-order chi connectivity index (χ1) is 8.81. The monoisotopic (exact) mass is 247 g/mol. The Morgan fingerprint density at radius 3 is 2.50 bits per heavy atom. The Morgan fingerprint density at radius 2 is 1.89 bits per heavy atom. The molecule has 3 nitrogen and oxygen atoms in total. The minimum atomic E-state index is 0.341. The van der Waals surface area contributed by atoms with Gasteiger partial charge in [0.2, 0.25) is 0 Å². The van der Waals surface area contributed by atoms with Crippen molar-refractivity contribution in [3.05, 3.63) is 35.9 Å². The molecule has 1 atom stereocenters. The third-order valence-electron chi connectivity index (χ3n) is 3.91. The minimum absolute atomic E-state index is 0.341. The van der Waals surface area contributed by atoms with Gasteiger partial charge in [0.25, 0.3) is 0 Å². The van der Waals surface area contributed by atoms with Gasteiger partial charge in [0.1, 0.15) is 0 Å². The first-order valence-corrected chi connectivity index (χ1v) is 6.99. The number of hydrogen-bond donors (Lipinski definition) is 1. The smallest absolute Gasteiger partial charge is 0.0467 e. The number of hydrogen-bond acceptors (Lipinski definition) is 3. The molecular formula is C15H25N3. The largest absolute Gasteiger partial charge is 0.329 e. The van der Waals surface area contributed by atoms with Crippen LogP contribution in [0.25, 0.3) is 0 Å². The number of likely N-dealkylation sites (N-methyl/N-ethyl adjacent to an activating group) is 1. The third-order valence-corrected chi connectivity index (χ3v) is 3.91. The Morgan fingerprint density at radius 1 is 1.22 bits per heavy atom. The summed E-state index contributed by atoms with van der Waals surface area (Å²) in [6.07, 6.45) is 2.73. The minimum Gasteiger partial charge on any atom is -0.329 e. The summed E-state index contributed by atoms with van der Waals surface area (Å²) in [6, 6.07) is 10.9. The first-order valence-electron chi connectivity index (χ1n) is 6.99. The summed E-state index contributed by atoms with van der Waals surface area (Å²) in [4.78, 5) is 4.93. The molecule has 1 unspecified atom stereocenters. The Bertz CT molecular complexity index is 333. The van der Waals surface area contributed by atoms with Crippen LogP contribution in [-0.4, -0.2) is 49.6 Å². The normalized spacial score (nSPS) is 18.4. The van der Waals surface area contributed by atoms with Crippen LogP contribution >= 0.6 is 0 Å². The Hall–Kier alpha value is -0.900. The van der Waals surface area contributed by atoms with Crippen LogP contribution in [0.1, 0.15) is 24.4 Å². The van der Waals surface area contributed by atoms with E-state index in [-0.39, 0.29) is 0 Å². The molecule has 0 bridgehead atoms. The van der Waals surface area contributed by atoms with Gasteiger partial charge in [-0.2, -0.15) is 0 Å². The number of nitrogens with two attached hydrogens (primary N) is 1. The van der Waals surface area contributed by atoms with Gasteiger partial charge in [0.05, 0.1) is 0 Å². The highest BCUT2D eigenvalue weighted by Gasteiger charge is 2.17. The molecule has 18 heavy (non-hydrogen) atoms. The van der Waals surface area contributed by atoms with Crippen molar-refractivity contribution in [1.29, 1.82) is 0 Å². The average molecular weight is 247 g/mol. The summed E-state index contributed by atoms with van der Waals surface area (Å²) in [5.41, 5.74) is 7.26. The molecule has 3 heteroatoms. The molecule has 0 aliphatic carbocycles. The first kappa shape index (κ1) is 13.5. The van der Waals surface area contributed by atoms with E-state index in [1.165, 1.54) is 38.0 Å². The van der Waals surface area contributed by atoms with Crippen LogP contribution in [0.5, 0.6) is 0 Å². The third kappa shape index (κ3) is 3.55. The zero-order valence-corrected chi connectivity index (χ0v) is 11.4. The number of rotatable bonds is 6. The second kappa shape index (κ2) is 6.88. The van der Waals surface area contributed by atoms with E-state index >= 15 is 0 Å². The summed E-state index contributed by atoms with van der Waals surface area (Å²) in [5, 5.41) is 0. The topological polar surface area (TPSA) is 32.5 Å². The Kier molecular flexibility index (Phi) is 5.17. The molecule has 100 valence electrons. The lowest BCUT2D eigenvalue weighted by Crippen LogP contribution is -2.36. The second-order valence-electron chi connectivity index (χ2n) is 5.19. The van der Waals surface area contributed by atoms with Gasteiger partial charge >= 0.3 is 0 Å². The fourth-order valence-corrected chi connectivity index (χ4v) is 2.71. The molecule has 2 N–H and O–H groups in total. The number of nitrogens with zero attached hydrogens (tertiary/aromatic N) is 2. The SMILES string of the molecule is CN(CCN1CCCC1)C(CN)c1ccccc1. The van der Waals surface area contributed by atoms with Gasteiger partial charge in [-0.15, -0.1) is 0 Å². The van der Waals surface area contributed by atoms with E-state index in [1.54, 1.807) is 0 Å². The molecule has 0 spiro atoms. The fraction of sp³-hybridized carbons (Fsp3) is 0.600. The van der Waals surface area contributed by atoms with Crippen LogP contribution in [0.4, 0.5) is 0 Å². The summed E-state index contributed by atoms with van der Waals surface area (Å²) in [5.74, 6) is 0. The fourth-order valence-electron chi connectivity index (χ4n) is 2.71. The van der Waals surface area contributed by atoms with Crippen LogP contribution in [0.2, 0.25) is 0 Å². The van der Waals surface area contributed by atoms with Gasteiger partial charge in [-0.3, -0.25) is 4.90 Å². The highest BCUT2D eigenvalue weighted by molar-refractivity contribution is 5.19. The van der Waals surface area contributed by atoms with Crippen molar-refractivity contribution in [2.75, 3.05) is 39.8 Å². The van der Waals surface area contributed by atoms with E-state index in [4.69, 9.17) is 5.73 Å². The van der Waals surface area contributed by atoms with E-state index in [0.717, 1.165) is 6.54 Å². The molecule has 0 radical (unpaired) electrons. The zero-order chi connectivity index (χ0) is 12.8. The van der Waals surface area contributed by atoms with Crippen molar-refractivity contribution in [2.45, 2.75) is 18.9 Å². The van der Waals surface area contributed by atoms with Crippen LogP contribution in [0, 0.1) is 0 Å². The van der Waals surface area contributed by atoms with Gasteiger partial charge < -0.3 is 10.6 Å². The highest BCUT2D eigenvalue weighted by Crippen LogP contribution is 2.17. The van der Waals surface area contributed by atoms with Gasteiger partial charge in [0, 0.05) is 25.7 Å². The number of benzene rings is 1. The Labute approximate surface area is 111 Å². The number of likely N-dealkylation sites (tertiary alicyclic amines) is 1. The van der Waals surface area contributed by atoms with Crippen LogP contribution in [-0.2, 0) is 0 Å². The molecule has 1 heterocycles. The molecular weight excluding hydrogens is 222 g/mol. The lowest BCUT2D eigenvalue weighted by atomic mass is 10.1. The van der Waals surface area contributed by atoms with Crippen molar-refractivity contribution in [3.8, 4) is 0 Å². The lowest BCUT2D eigenvalue weighted by Gasteiger charge is -2.29. The standard InChI is InChI=1S/C15H25N3/c1-17(11-12-18-9-5-6-10-18)15(13-16)14-7-3-2-4-8-14/h2-4,7-8,15H,5-6,9-13,16H2,1H3. The maximum atomic E-state index is 5.93. The van der Waals surface area contributed by atoms with Crippen LogP contribution in [0.3, 0.4) is 0 Å². The van der Waals surface area contributed by atoms with Crippen molar-refractivity contribution in [1.82, 2.24) is 9.80 Å². The molecule has 0 amide bonds. The molecule has 1 aliphatic heterocycles. The van der Waals surface area contributed by atoms with E-state index < -0.39 is 0 Å². The summed E-state index contributed by atoms with van der Waals surface area (Å²) < 4.78 is 0. The predicted octanol–water partition coefficient (Wildman–Crippen LogP) is 1.71. The molecule has 1 aromatic carbocycles. The highest BCUT2D eigenvalue weighted by atomic mass is 15.2. The van der Waals surface area contributed by atoms with E-state index in [9.17, 15) is 0 Å². The summed E-state index contributed by atoms with van der Waals surface area (Å²) in [7, 11) is 2.18. The van der Waals surface area contributed by atoms with Gasteiger partial charge in [-0.05, 0) is 38.5 Å². The quantitative estimate of drug-likeness (QED) is 0.830. The molecule has 1 aliphatic rings. The Balaban J connectivity index is 1.87. The van der Waals surface area contributed by atoms with Gasteiger partial charge in [0.15, 0.2) is 0 Å². The van der Waals surface area contributed by atoms with Crippen LogP contribution < -0.4 is 5.73 Å². The van der Waals surface area contributed by atoms with Crippen LogP contribution in [0.15, 0.2) is 30.3 Å². The molecule has 1 saturated heterocycles. The van der Waals surface area contributed by atoms with E-state index in [0.29, 0.717) is 12.6 Å². The average Bonchev–Trinajstić information content (AvgIpc) is 2.92. The van der Waals surface area contributed by atoms with Gasteiger partial charge in [-0.1, -0.05) is 30.3 Å². The molecule has 1 fully saturated rings. The van der Waals surface area contributed by atoms with E-state index in [2.05, 4.69) is 47.2 Å². The summed E-state index contributed by atoms with van der Waals surface area (Å²) >= 11 is 0. The molecule has 2 rings (SSSR count). The lowest BCUT2D eigenvalue weighted by molar-refractivity contribution is 0.209. The predicted molar refractivity (Wildman–Crippen MR) is 76.5 cm³/mol. The maximum Gasteiger partial charge on any atom is 0.0467 e. The molecule has 0 aromatic heterocycles. The zero-order valence-electron chi connectivity index (χ0n) is 11.4. The van der Waals surface area contributed by atoms with Crippen molar-refractivity contribution >= 4 is 0 Å². The van der Waals surface area contributed by atoms with Crippen molar-refractivity contribution in [2.24, 2.45) is 5.73 Å². The van der Waals surface area contributed by atoms with Gasteiger partial charge in [-0.25, -0.2) is 0 Å².